The van der Waals surface area contributed by atoms with Gasteiger partial charge >= 0.3 is 0 Å². The van der Waals surface area contributed by atoms with Gasteiger partial charge in [0.1, 0.15) is 5.75 Å². The van der Waals surface area contributed by atoms with Gasteiger partial charge in [-0.05, 0) is 43.2 Å². The van der Waals surface area contributed by atoms with Crippen molar-refractivity contribution in [2.75, 3.05) is 19.0 Å². The fraction of sp³-hybridized carbons (Fsp3) is 0.250. The average molecular weight is 352 g/mol. The van der Waals surface area contributed by atoms with E-state index in [1.807, 2.05) is 32.0 Å². The summed E-state index contributed by atoms with van der Waals surface area (Å²) < 4.78 is 5.73. The number of benzene rings is 2. The number of aryl methyl sites for hydroxylation is 2. The highest BCUT2D eigenvalue weighted by Gasteiger charge is 2.32. The maximum atomic E-state index is 12.1. The lowest BCUT2D eigenvalue weighted by Gasteiger charge is -2.12. The molecule has 1 aliphatic rings. The van der Waals surface area contributed by atoms with Gasteiger partial charge in [0.25, 0.3) is 11.8 Å². The zero-order chi connectivity index (χ0) is 18.8. The number of hydrogen-bond acceptors (Lipinski definition) is 4. The lowest BCUT2D eigenvalue weighted by Crippen LogP contribution is -2.24. The third-order valence-electron chi connectivity index (χ3n) is 4.36. The molecule has 0 fully saturated rings. The number of para-hydroxylation sites is 1. The second kappa shape index (κ2) is 7.00. The molecule has 0 saturated carbocycles. The molecule has 3 rings (SSSR count). The second-order valence-corrected chi connectivity index (χ2v) is 6.30. The summed E-state index contributed by atoms with van der Waals surface area (Å²) in [4.78, 5) is 37.1. The van der Waals surface area contributed by atoms with Crippen molar-refractivity contribution in [3.8, 4) is 5.75 Å². The van der Waals surface area contributed by atoms with Gasteiger partial charge in [-0.15, -0.1) is 0 Å². The fourth-order valence-electron chi connectivity index (χ4n) is 2.94. The van der Waals surface area contributed by atoms with E-state index in [0.717, 1.165) is 21.8 Å². The Hall–Kier alpha value is -3.15. The number of fused-ring (bicyclic) bond motifs is 1. The summed E-state index contributed by atoms with van der Waals surface area (Å²) >= 11 is 0. The van der Waals surface area contributed by atoms with Gasteiger partial charge in [-0.1, -0.05) is 18.2 Å². The van der Waals surface area contributed by atoms with Crippen molar-refractivity contribution in [2.45, 2.75) is 20.3 Å². The van der Waals surface area contributed by atoms with E-state index < -0.39 is 0 Å². The van der Waals surface area contributed by atoms with E-state index in [-0.39, 0.29) is 30.7 Å². The van der Waals surface area contributed by atoms with Gasteiger partial charge < -0.3 is 10.1 Å². The van der Waals surface area contributed by atoms with Gasteiger partial charge in [-0.25, -0.2) is 0 Å². The molecule has 0 radical (unpaired) electrons. The highest BCUT2D eigenvalue weighted by Crippen LogP contribution is 2.25. The van der Waals surface area contributed by atoms with Crippen molar-refractivity contribution in [3.05, 3.63) is 58.7 Å². The summed E-state index contributed by atoms with van der Waals surface area (Å²) in [5, 5.41) is 2.74. The van der Waals surface area contributed by atoms with Gasteiger partial charge in [-0.3, -0.25) is 19.3 Å². The normalized spacial score (nSPS) is 13.0. The van der Waals surface area contributed by atoms with Gasteiger partial charge in [-0.2, -0.15) is 0 Å². The minimum absolute atomic E-state index is 0.178. The lowest BCUT2D eigenvalue weighted by atomic mass is 10.1. The summed E-state index contributed by atoms with van der Waals surface area (Å²) in [5.74, 6) is -0.115. The van der Waals surface area contributed by atoms with Crippen molar-refractivity contribution >= 4 is 23.4 Å². The van der Waals surface area contributed by atoms with Crippen LogP contribution in [0.4, 0.5) is 5.69 Å². The van der Waals surface area contributed by atoms with Crippen molar-refractivity contribution in [3.63, 3.8) is 0 Å². The van der Waals surface area contributed by atoms with Crippen LogP contribution in [0.3, 0.4) is 0 Å². The molecule has 2 aromatic carbocycles. The molecule has 6 heteroatoms. The first-order chi connectivity index (χ1) is 12.4. The van der Waals surface area contributed by atoms with Crippen LogP contribution >= 0.6 is 0 Å². The third kappa shape index (κ3) is 3.31. The molecule has 0 atom stereocenters. The fourth-order valence-corrected chi connectivity index (χ4v) is 2.94. The molecule has 3 amide bonds. The largest absolute Gasteiger partial charge is 0.493 e. The van der Waals surface area contributed by atoms with Crippen LogP contribution in [0.25, 0.3) is 0 Å². The zero-order valence-corrected chi connectivity index (χ0v) is 15.0. The first kappa shape index (κ1) is 17.7. The number of nitrogens with zero attached hydrogens (tertiary/aromatic N) is 1. The molecule has 1 heterocycles. The smallest absolute Gasteiger partial charge is 0.261 e. The molecule has 1 N–H and O–H groups in total. The second-order valence-electron chi connectivity index (χ2n) is 6.30. The van der Waals surface area contributed by atoms with Crippen molar-refractivity contribution in [2.24, 2.45) is 0 Å². The number of amides is 3. The van der Waals surface area contributed by atoms with E-state index in [2.05, 4.69) is 5.32 Å². The molecule has 6 nitrogen and oxygen atoms in total. The highest BCUT2D eigenvalue weighted by molar-refractivity contribution is 6.21. The van der Waals surface area contributed by atoms with E-state index in [9.17, 15) is 14.4 Å². The Morgan fingerprint density at radius 1 is 1.04 bits per heavy atom. The lowest BCUT2D eigenvalue weighted by molar-refractivity contribution is -0.116. The molecule has 26 heavy (non-hydrogen) atoms. The Balaban J connectivity index is 1.60. The van der Waals surface area contributed by atoms with E-state index in [1.165, 1.54) is 13.1 Å². The van der Waals surface area contributed by atoms with Gasteiger partial charge in [0, 0.05) is 12.7 Å². The van der Waals surface area contributed by atoms with Crippen molar-refractivity contribution in [1.29, 1.82) is 0 Å². The predicted molar refractivity (Wildman–Crippen MR) is 97.5 cm³/mol. The number of carbonyl (C=O) groups is 3. The van der Waals surface area contributed by atoms with Crippen LogP contribution in [-0.4, -0.2) is 36.3 Å². The Morgan fingerprint density at radius 3 is 2.38 bits per heavy atom. The monoisotopic (exact) mass is 352 g/mol. The standard InChI is InChI=1S/C20H20N2O4/c1-12-5-4-6-13(2)18(12)26-10-9-17(23)21-14-7-8-15-16(11-14)20(25)22(3)19(15)24/h4-8,11H,9-10H2,1-3H3,(H,21,23). The molecule has 2 aromatic rings. The third-order valence-corrected chi connectivity index (χ3v) is 4.36. The van der Waals surface area contributed by atoms with Crippen LogP contribution in [0.5, 0.6) is 5.75 Å². The van der Waals surface area contributed by atoms with E-state index >= 15 is 0 Å². The van der Waals surface area contributed by atoms with Crippen LogP contribution < -0.4 is 10.1 Å². The molecule has 1 aliphatic heterocycles. The average Bonchev–Trinajstić information content (AvgIpc) is 2.82. The van der Waals surface area contributed by atoms with Gasteiger partial charge in [0.15, 0.2) is 0 Å². The van der Waals surface area contributed by atoms with Crippen molar-refractivity contribution in [1.82, 2.24) is 4.90 Å². The molecule has 0 saturated heterocycles. The van der Waals surface area contributed by atoms with E-state index in [0.29, 0.717) is 16.8 Å². The number of hydrogen-bond donors (Lipinski definition) is 1. The number of anilines is 1. The van der Waals surface area contributed by atoms with Crippen LogP contribution in [0, 0.1) is 13.8 Å². The van der Waals surface area contributed by atoms with Crippen LogP contribution in [0.1, 0.15) is 38.3 Å². The highest BCUT2D eigenvalue weighted by atomic mass is 16.5. The molecule has 134 valence electrons. The Kier molecular flexibility index (Phi) is 4.75. The predicted octanol–water partition coefficient (Wildman–Crippen LogP) is 2.94. The van der Waals surface area contributed by atoms with Gasteiger partial charge in [0.05, 0.1) is 24.2 Å². The SMILES string of the molecule is Cc1cccc(C)c1OCCC(=O)Nc1ccc2c(c1)C(=O)N(C)C2=O. The Bertz CT molecular complexity index is 884. The number of rotatable bonds is 5. The molecule has 0 spiro atoms. The van der Waals surface area contributed by atoms with Crippen molar-refractivity contribution < 1.29 is 19.1 Å². The maximum Gasteiger partial charge on any atom is 0.261 e. The molecule has 0 unspecified atom stereocenters. The molecule has 0 bridgehead atoms. The summed E-state index contributed by atoms with van der Waals surface area (Å²) in [7, 11) is 1.44. The van der Waals surface area contributed by atoms with E-state index in [4.69, 9.17) is 4.74 Å². The number of nitrogens with one attached hydrogen (secondary N) is 1. The number of carbonyl (C=O) groups excluding carboxylic acids is 3. The quantitative estimate of drug-likeness (QED) is 0.840. The minimum atomic E-state index is -0.362. The van der Waals surface area contributed by atoms with Gasteiger partial charge in [0.2, 0.25) is 5.91 Å². The summed E-state index contributed by atoms with van der Waals surface area (Å²) in [5.41, 5.74) is 3.20. The number of ether oxygens (including phenoxy) is 1. The first-order valence-corrected chi connectivity index (χ1v) is 8.34. The van der Waals surface area contributed by atoms with E-state index in [1.54, 1.807) is 12.1 Å². The first-order valence-electron chi connectivity index (χ1n) is 8.34. The topological polar surface area (TPSA) is 75.7 Å². The summed E-state index contributed by atoms with van der Waals surface area (Å²) in [6, 6.07) is 10.6. The number of imide groups is 1. The molecule has 0 aromatic heterocycles. The van der Waals surface area contributed by atoms with Crippen LogP contribution in [-0.2, 0) is 4.79 Å². The summed E-state index contributed by atoms with van der Waals surface area (Å²) in [6.45, 7) is 4.17. The van der Waals surface area contributed by atoms with Crippen LogP contribution in [0.2, 0.25) is 0 Å². The Labute approximate surface area is 151 Å². The molecular formula is C20H20N2O4. The molecular weight excluding hydrogens is 332 g/mol. The van der Waals surface area contributed by atoms with Crippen LogP contribution in [0.15, 0.2) is 36.4 Å². The summed E-state index contributed by atoms with van der Waals surface area (Å²) in [6.07, 6.45) is 0.178. The maximum absolute atomic E-state index is 12.1. The molecule has 0 aliphatic carbocycles. The minimum Gasteiger partial charge on any atom is -0.493 e. The Morgan fingerprint density at radius 2 is 1.69 bits per heavy atom. The zero-order valence-electron chi connectivity index (χ0n) is 15.0.